The van der Waals surface area contributed by atoms with Gasteiger partial charge >= 0.3 is 0 Å². The predicted molar refractivity (Wildman–Crippen MR) is 117 cm³/mol. The Morgan fingerprint density at radius 1 is 1.00 bits per heavy atom. The van der Waals surface area contributed by atoms with Crippen LogP contribution in [0.5, 0.6) is 11.5 Å². The summed E-state index contributed by atoms with van der Waals surface area (Å²) in [6, 6.07) is 15.1. The molecule has 1 N–H and O–H groups in total. The number of carbonyl (C=O) groups is 1. The van der Waals surface area contributed by atoms with Gasteiger partial charge in [-0.3, -0.25) is 4.79 Å². The van der Waals surface area contributed by atoms with E-state index in [1.807, 2.05) is 48.5 Å². The molecule has 0 saturated carbocycles. The number of amides is 1. The quantitative estimate of drug-likeness (QED) is 0.569. The third-order valence-electron chi connectivity index (χ3n) is 5.09. The number of nitrogens with zero attached hydrogens (tertiary/aromatic N) is 3. The normalized spacial score (nSPS) is 13.4. The Hall–Kier alpha value is -3.35. The van der Waals surface area contributed by atoms with Crippen molar-refractivity contribution in [2.75, 3.05) is 37.0 Å². The Labute approximate surface area is 176 Å². The largest absolute Gasteiger partial charge is 0.497 e. The minimum Gasteiger partial charge on any atom is -0.497 e. The van der Waals surface area contributed by atoms with Crippen LogP contribution < -0.4 is 19.7 Å². The molecule has 0 spiro atoms. The van der Waals surface area contributed by atoms with Gasteiger partial charge in [0.2, 0.25) is 5.91 Å². The van der Waals surface area contributed by atoms with Gasteiger partial charge < -0.3 is 19.7 Å². The van der Waals surface area contributed by atoms with E-state index in [0.29, 0.717) is 25.3 Å². The Kier molecular flexibility index (Phi) is 6.27. The van der Waals surface area contributed by atoms with Gasteiger partial charge in [0.05, 0.1) is 24.8 Å². The number of aromatic nitrogens is 2. The predicted octanol–water partition coefficient (Wildman–Crippen LogP) is 4.04. The highest BCUT2D eigenvalue weighted by molar-refractivity contribution is 5.94. The van der Waals surface area contributed by atoms with Crippen LogP contribution in [0.1, 0.15) is 25.7 Å². The van der Waals surface area contributed by atoms with Gasteiger partial charge in [0.1, 0.15) is 11.5 Å². The van der Waals surface area contributed by atoms with E-state index in [1.54, 1.807) is 7.11 Å². The van der Waals surface area contributed by atoms with Crippen molar-refractivity contribution in [1.82, 2.24) is 9.97 Å². The van der Waals surface area contributed by atoms with Crippen LogP contribution in [0, 0.1) is 0 Å². The third kappa shape index (κ3) is 4.79. The van der Waals surface area contributed by atoms with Crippen molar-refractivity contribution in [1.29, 1.82) is 0 Å². The molecular weight excluding hydrogens is 380 g/mol. The molecule has 1 aliphatic heterocycles. The highest BCUT2D eigenvalue weighted by Gasteiger charge is 2.20. The molecule has 0 bridgehead atoms. The Morgan fingerprint density at radius 3 is 2.37 bits per heavy atom. The van der Waals surface area contributed by atoms with E-state index in [0.717, 1.165) is 54.3 Å². The van der Waals surface area contributed by atoms with Crippen molar-refractivity contribution < 1.29 is 14.3 Å². The third-order valence-corrected chi connectivity index (χ3v) is 5.09. The van der Waals surface area contributed by atoms with Gasteiger partial charge in [0.25, 0.3) is 0 Å². The summed E-state index contributed by atoms with van der Waals surface area (Å²) in [6.07, 6.45) is 3.22. The van der Waals surface area contributed by atoms with Crippen LogP contribution in [-0.4, -0.2) is 42.7 Å². The number of rotatable bonds is 8. The zero-order valence-corrected chi connectivity index (χ0v) is 17.1. The standard InChI is InChI=1S/C23H26N4O3/c1-29-17-10-12-18(13-11-17)30-16-6-9-21(28)26-22-23(27-14-4-5-15-27)25-20-8-3-2-7-19(20)24-22/h2-3,7-8,10-13H,4-6,9,14-16H2,1H3,(H,24,26,28). The Bertz CT molecular complexity index is 1000. The van der Waals surface area contributed by atoms with Gasteiger partial charge in [0, 0.05) is 19.5 Å². The number of nitrogens with one attached hydrogen (secondary N) is 1. The highest BCUT2D eigenvalue weighted by atomic mass is 16.5. The average molecular weight is 406 g/mol. The molecular formula is C23H26N4O3. The molecule has 1 aromatic heterocycles. The van der Waals surface area contributed by atoms with Crippen LogP contribution >= 0.6 is 0 Å². The van der Waals surface area contributed by atoms with E-state index in [2.05, 4.69) is 15.2 Å². The van der Waals surface area contributed by atoms with Gasteiger partial charge in [-0.1, -0.05) is 12.1 Å². The Balaban J connectivity index is 1.36. The minimum absolute atomic E-state index is 0.0849. The van der Waals surface area contributed by atoms with Crippen molar-refractivity contribution in [2.24, 2.45) is 0 Å². The molecule has 7 nitrogen and oxygen atoms in total. The fraction of sp³-hybridized carbons (Fsp3) is 0.348. The molecule has 0 atom stereocenters. The number of fused-ring (bicyclic) bond motifs is 1. The molecule has 3 aromatic rings. The molecule has 1 saturated heterocycles. The van der Waals surface area contributed by atoms with Gasteiger partial charge in [-0.2, -0.15) is 0 Å². The highest BCUT2D eigenvalue weighted by Crippen LogP contribution is 2.28. The fourth-order valence-corrected chi connectivity index (χ4v) is 3.51. The second kappa shape index (κ2) is 9.43. The smallest absolute Gasteiger partial charge is 0.225 e. The molecule has 7 heteroatoms. The molecule has 156 valence electrons. The van der Waals surface area contributed by atoms with Crippen LogP contribution in [0.2, 0.25) is 0 Å². The lowest BCUT2D eigenvalue weighted by Gasteiger charge is -2.20. The first-order valence-electron chi connectivity index (χ1n) is 10.3. The van der Waals surface area contributed by atoms with E-state index in [4.69, 9.17) is 14.5 Å². The Morgan fingerprint density at radius 2 is 1.67 bits per heavy atom. The molecule has 2 heterocycles. The molecule has 0 radical (unpaired) electrons. The summed E-state index contributed by atoms with van der Waals surface area (Å²) in [5.74, 6) is 2.75. The van der Waals surface area contributed by atoms with Crippen molar-refractivity contribution in [2.45, 2.75) is 25.7 Å². The average Bonchev–Trinajstić information content (AvgIpc) is 3.31. The fourth-order valence-electron chi connectivity index (χ4n) is 3.51. The number of ether oxygens (including phenoxy) is 2. The summed E-state index contributed by atoms with van der Waals surface area (Å²) < 4.78 is 10.8. The SMILES string of the molecule is COc1ccc(OCCCC(=O)Nc2nc3ccccc3nc2N2CCCC2)cc1. The first kappa shape index (κ1) is 19.9. The number of benzene rings is 2. The van der Waals surface area contributed by atoms with E-state index in [-0.39, 0.29) is 5.91 Å². The molecule has 30 heavy (non-hydrogen) atoms. The minimum atomic E-state index is -0.0849. The molecule has 1 fully saturated rings. The maximum Gasteiger partial charge on any atom is 0.225 e. The van der Waals surface area contributed by atoms with Crippen LogP contribution in [0.4, 0.5) is 11.6 Å². The van der Waals surface area contributed by atoms with E-state index >= 15 is 0 Å². The number of carbonyl (C=O) groups excluding carboxylic acids is 1. The molecule has 1 amide bonds. The number of para-hydroxylation sites is 2. The summed E-state index contributed by atoms with van der Waals surface area (Å²) in [5, 5.41) is 2.97. The van der Waals surface area contributed by atoms with E-state index in [9.17, 15) is 4.79 Å². The van der Waals surface area contributed by atoms with Crippen LogP contribution in [-0.2, 0) is 4.79 Å². The van der Waals surface area contributed by atoms with Crippen molar-refractivity contribution in [3.8, 4) is 11.5 Å². The second-order valence-electron chi connectivity index (χ2n) is 7.25. The number of anilines is 2. The second-order valence-corrected chi connectivity index (χ2v) is 7.25. The van der Waals surface area contributed by atoms with Gasteiger partial charge in [0.15, 0.2) is 11.6 Å². The van der Waals surface area contributed by atoms with Crippen LogP contribution in [0.15, 0.2) is 48.5 Å². The maximum absolute atomic E-state index is 12.5. The van der Waals surface area contributed by atoms with E-state index in [1.165, 1.54) is 0 Å². The summed E-state index contributed by atoms with van der Waals surface area (Å²) >= 11 is 0. The van der Waals surface area contributed by atoms with Crippen molar-refractivity contribution in [3.63, 3.8) is 0 Å². The first-order chi connectivity index (χ1) is 14.7. The molecule has 1 aliphatic rings. The van der Waals surface area contributed by atoms with Crippen LogP contribution in [0.3, 0.4) is 0 Å². The number of hydrogen-bond acceptors (Lipinski definition) is 6. The molecule has 0 aliphatic carbocycles. The topological polar surface area (TPSA) is 76.6 Å². The monoisotopic (exact) mass is 406 g/mol. The summed E-state index contributed by atoms with van der Waals surface area (Å²) in [5.41, 5.74) is 1.61. The first-order valence-corrected chi connectivity index (χ1v) is 10.3. The lowest BCUT2D eigenvalue weighted by molar-refractivity contribution is -0.116. The summed E-state index contributed by atoms with van der Waals surface area (Å²) in [4.78, 5) is 24.2. The molecule has 4 rings (SSSR count). The van der Waals surface area contributed by atoms with Gasteiger partial charge in [-0.15, -0.1) is 0 Å². The van der Waals surface area contributed by atoms with Crippen molar-refractivity contribution in [3.05, 3.63) is 48.5 Å². The molecule has 0 unspecified atom stereocenters. The maximum atomic E-state index is 12.5. The molecule has 2 aromatic carbocycles. The van der Waals surface area contributed by atoms with Gasteiger partial charge in [-0.05, 0) is 55.7 Å². The van der Waals surface area contributed by atoms with Crippen LogP contribution in [0.25, 0.3) is 11.0 Å². The summed E-state index contributed by atoms with van der Waals surface area (Å²) in [7, 11) is 1.63. The van der Waals surface area contributed by atoms with Gasteiger partial charge in [-0.25, -0.2) is 9.97 Å². The summed E-state index contributed by atoms with van der Waals surface area (Å²) in [6.45, 7) is 2.33. The number of methoxy groups -OCH3 is 1. The van der Waals surface area contributed by atoms with E-state index < -0.39 is 0 Å². The zero-order valence-electron chi connectivity index (χ0n) is 17.1. The number of hydrogen-bond donors (Lipinski definition) is 1. The zero-order chi connectivity index (χ0) is 20.8. The lowest BCUT2D eigenvalue weighted by Crippen LogP contribution is -2.23. The van der Waals surface area contributed by atoms with Crippen molar-refractivity contribution >= 4 is 28.6 Å². The lowest BCUT2D eigenvalue weighted by atomic mass is 10.3.